The van der Waals surface area contributed by atoms with Crippen molar-refractivity contribution in [1.82, 2.24) is 5.32 Å². The predicted octanol–water partition coefficient (Wildman–Crippen LogP) is 2.86. The minimum atomic E-state index is 0.109. The first-order valence-electron chi connectivity index (χ1n) is 7.12. The molecule has 0 aliphatic carbocycles. The minimum absolute atomic E-state index is 0.109. The van der Waals surface area contributed by atoms with Crippen molar-refractivity contribution in [3.8, 4) is 0 Å². The first-order valence-corrected chi connectivity index (χ1v) is 7.12. The molecule has 3 atom stereocenters. The van der Waals surface area contributed by atoms with Crippen LogP contribution >= 0.6 is 0 Å². The lowest BCUT2D eigenvalue weighted by atomic mass is 9.97. The zero-order valence-electron chi connectivity index (χ0n) is 11.8. The number of benzene rings is 1. The number of amides is 1. The Hall–Kier alpha value is -1.35. The second-order valence-electron chi connectivity index (χ2n) is 5.42. The smallest absolute Gasteiger partial charge is 0.220 e. The Labute approximate surface area is 115 Å². The number of rotatable bonds is 5. The van der Waals surface area contributed by atoms with Crippen molar-refractivity contribution in [2.75, 3.05) is 6.61 Å². The van der Waals surface area contributed by atoms with Crippen molar-refractivity contribution in [3.63, 3.8) is 0 Å². The standard InChI is InChI=1S/C16H23NO2/c1-12(14-7-4-3-5-8-14)11-16(18)17-13(2)15-9-6-10-19-15/h3-5,7-8,12-13,15H,6,9-11H2,1-2H3,(H,17,18). The van der Waals surface area contributed by atoms with Gasteiger partial charge in [-0.3, -0.25) is 4.79 Å². The summed E-state index contributed by atoms with van der Waals surface area (Å²) in [6, 6.07) is 10.3. The van der Waals surface area contributed by atoms with Gasteiger partial charge < -0.3 is 10.1 Å². The largest absolute Gasteiger partial charge is 0.376 e. The fourth-order valence-electron chi connectivity index (χ4n) is 2.58. The highest BCUT2D eigenvalue weighted by atomic mass is 16.5. The van der Waals surface area contributed by atoms with Gasteiger partial charge in [0.05, 0.1) is 12.1 Å². The summed E-state index contributed by atoms with van der Waals surface area (Å²) >= 11 is 0. The van der Waals surface area contributed by atoms with Gasteiger partial charge >= 0.3 is 0 Å². The predicted molar refractivity (Wildman–Crippen MR) is 76.1 cm³/mol. The summed E-state index contributed by atoms with van der Waals surface area (Å²) in [5.41, 5.74) is 1.21. The third-order valence-electron chi connectivity index (χ3n) is 3.77. The number of carbonyl (C=O) groups is 1. The molecule has 3 unspecified atom stereocenters. The molecule has 3 heteroatoms. The van der Waals surface area contributed by atoms with E-state index in [0.717, 1.165) is 19.4 Å². The SMILES string of the molecule is CC(CC(=O)NC(C)C1CCCO1)c1ccccc1. The maximum absolute atomic E-state index is 12.0. The van der Waals surface area contributed by atoms with Crippen LogP contribution in [0.5, 0.6) is 0 Å². The number of hydrogen-bond acceptors (Lipinski definition) is 2. The van der Waals surface area contributed by atoms with Crippen LogP contribution in [0.25, 0.3) is 0 Å². The van der Waals surface area contributed by atoms with Crippen molar-refractivity contribution in [1.29, 1.82) is 0 Å². The third kappa shape index (κ3) is 4.06. The molecule has 1 N–H and O–H groups in total. The Morgan fingerprint density at radius 2 is 2.11 bits per heavy atom. The lowest BCUT2D eigenvalue weighted by Crippen LogP contribution is -2.41. The van der Waals surface area contributed by atoms with E-state index in [1.807, 2.05) is 25.1 Å². The lowest BCUT2D eigenvalue weighted by molar-refractivity contribution is -0.122. The first-order chi connectivity index (χ1) is 9.16. The molecule has 0 radical (unpaired) electrons. The van der Waals surface area contributed by atoms with E-state index in [9.17, 15) is 4.79 Å². The van der Waals surface area contributed by atoms with Crippen molar-refractivity contribution in [2.24, 2.45) is 0 Å². The summed E-state index contributed by atoms with van der Waals surface area (Å²) in [5, 5.41) is 3.06. The summed E-state index contributed by atoms with van der Waals surface area (Å²) in [6.07, 6.45) is 2.87. The van der Waals surface area contributed by atoms with Gasteiger partial charge in [-0.2, -0.15) is 0 Å². The summed E-state index contributed by atoms with van der Waals surface area (Å²) in [7, 11) is 0. The first kappa shape index (κ1) is 14.1. The van der Waals surface area contributed by atoms with Crippen LogP contribution in [0.4, 0.5) is 0 Å². The summed E-state index contributed by atoms with van der Waals surface area (Å²) in [5.74, 6) is 0.359. The topological polar surface area (TPSA) is 38.3 Å². The van der Waals surface area contributed by atoms with Crippen molar-refractivity contribution in [2.45, 2.75) is 51.2 Å². The molecule has 1 aromatic carbocycles. The Bertz CT molecular complexity index is 398. The second kappa shape index (κ2) is 6.71. The molecular weight excluding hydrogens is 238 g/mol. The van der Waals surface area contributed by atoms with Gasteiger partial charge in [-0.1, -0.05) is 37.3 Å². The van der Waals surface area contributed by atoms with E-state index in [1.165, 1.54) is 5.56 Å². The van der Waals surface area contributed by atoms with Crippen LogP contribution in [0.1, 0.15) is 44.6 Å². The molecule has 1 saturated heterocycles. The number of hydrogen-bond donors (Lipinski definition) is 1. The van der Waals surface area contributed by atoms with E-state index in [2.05, 4.69) is 24.4 Å². The molecule has 0 aromatic heterocycles. The molecule has 19 heavy (non-hydrogen) atoms. The zero-order valence-corrected chi connectivity index (χ0v) is 11.8. The second-order valence-corrected chi connectivity index (χ2v) is 5.42. The third-order valence-corrected chi connectivity index (χ3v) is 3.77. The molecule has 1 fully saturated rings. The number of ether oxygens (including phenoxy) is 1. The van der Waals surface area contributed by atoms with Crippen LogP contribution in [-0.2, 0) is 9.53 Å². The minimum Gasteiger partial charge on any atom is -0.376 e. The lowest BCUT2D eigenvalue weighted by Gasteiger charge is -2.21. The van der Waals surface area contributed by atoms with Crippen LogP contribution in [0.15, 0.2) is 30.3 Å². The molecule has 2 rings (SSSR count). The van der Waals surface area contributed by atoms with Crippen LogP contribution in [0.3, 0.4) is 0 Å². The fourth-order valence-corrected chi connectivity index (χ4v) is 2.58. The number of nitrogens with one attached hydrogen (secondary N) is 1. The number of carbonyl (C=O) groups excluding carboxylic acids is 1. The molecule has 104 valence electrons. The van der Waals surface area contributed by atoms with E-state index in [-0.39, 0.29) is 24.0 Å². The Morgan fingerprint density at radius 3 is 2.74 bits per heavy atom. The van der Waals surface area contributed by atoms with Crippen LogP contribution < -0.4 is 5.32 Å². The van der Waals surface area contributed by atoms with Gasteiger partial charge in [0.15, 0.2) is 0 Å². The fraction of sp³-hybridized carbons (Fsp3) is 0.562. The maximum atomic E-state index is 12.0. The van der Waals surface area contributed by atoms with E-state index in [4.69, 9.17) is 4.74 Å². The average Bonchev–Trinajstić information content (AvgIpc) is 2.93. The molecule has 1 amide bonds. The van der Waals surface area contributed by atoms with Gasteiger partial charge in [-0.05, 0) is 31.2 Å². The zero-order chi connectivity index (χ0) is 13.7. The summed E-state index contributed by atoms with van der Waals surface area (Å²) in [4.78, 5) is 12.0. The summed E-state index contributed by atoms with van der Waals surface area (Å²) < 4.78 is 5.59. The van der Waals surface area contributed by atoms with E-state index in [1.54, 1.807) is 0 Å². The van der Waals surface area contributed by atoms with Gasteiger partial charge in [-0.25, -0.2) is 0 Å². The Kier molecular flexibility index (Phi) is 4.97. The van der Waals surface area contributed by atoms with Gasteiger partial charge in [0.1, 0.15) is 0 Å². The summed E-state index contributed by atoms with van der Waals surface area (Å²) in [6.45, 7) is 4.94. The monoisotopic (exact) mass is 261 g/mol. The molecular formula is C16H23NO2. The Morgan fingerprint density at radius 1 is 1.37 bits per heavy atom. The highest BCUT2D eigenvalue weighted by Crippen LogP contribution is 2.19. The Balaban J connectivity index is 1.80. The van der Waals surface area contributed by atoms with Gasteiger partial charge in [-0.15, -0.1) is 0 Å². The van der Waals surface area contributed by atoms with Crippen LogP contribution in [0.2, 0.25) is 0 Å². The van der Waals surface area contributed by atoms with E-state index < -0.39 is 0 Å². The van der Waals surface area contributed by atoms with Gasteiger partial charge in [0.2, 0.25) is 5.91 Å². The molecule has 1 aliphatic heterocycles. The normalized spacial score (nSPS) is 21.9. The van der Waals surface area contributed by atoms with Crippen LogP contribution in [0, 0.1) is 0 Å². The van der Waals surface area contributed by atoms with Crippen molar-refractivity contribution < 1.29 is 9.53 Å². The van der Waals surface area contributed by atoms with Gasteiger partial charge in [0.25, 0.3) is 0 Å². The maximum Gasteiger partial charge on any atom is 0.220 e. The van der Waals surface area contributed by atoms with E-state index >= 15 is 0 Å². The van der Waals surface area contributed by atoms with Crippen LogP contribution in [-0.4, -0.2) is 24.7 Å². The quantitative estimate of drug-likeness (QED) is 0.885. The molecule has 0 spiro atoms. The van der Waals surface area contributed by atoms with Gasteiger partial charge in [0, 0.05) is 13.0 Å². The highest BCUT2D eigenvalue weighted by molar-refractivity contribution is 5.77. The average molecular weight is 261 g/mol. The van der Waals surface area contributed by atoms with E-state index in [0.29, 0.717) is 6.42 Å². The molecule has 1 aromatic rings. The molecule has 0 saturated carbocycles. The molecule has 1 heterocycles. The van der Waals surface area contributed by atoms with Crippen molar-refractivity contribution in [3.05, 3.63) is 35.9 Å². The molecule has 1 aliphatic rings. The molecule has 0 bridgehead atoms. The van der Waals surface area contributed by atoms with Crippen molar-refractivity contribution >= 4 is 5.91 Å². The molecule has 3 nitrogen and oxygen atoms in total. The highest BCUT2D eigenvalue weighted by Gasteiger charge is 2.24.